The van der Waals surface area contributed by atoms with E-state index in [2.05, 4.69) is 30.9 Å². The molecule has 0 aliphatic heterocycles. The summed E-state index contributed by atoms with van der Waals surface area (Å²) in [6.07, 6.45) is 1.96. The van der Waals surface area contributed by atoms with E-state index in [9.17, 15) is 9.59 Å². The highest BCUT2D eigenvalue weighted by molar-refractivity contribution is 14.0. The van der Waals surface area contributed by atoms with Gasteiger partial charge in [-0.3, -0.25) is 9.79 Å². The standard InChI is InChI=1S/C20H28N6O3S.HI/c1-6-29-19(28)17-13(3)24-18(30-17)14(4)25-20(21-5)22-10-9-16(27)26-15-8-7-12(2)11-23-15;/h7-8,11,14H,6,9-10H2,1-5H3,(H2,21,22,25)(H,23,26,27);1H. The van der Waals surface area contributed by atoms with E-state index in [-0.39, 0.29) is 48.3 Å². The van der Waals surface area contributed by atoms with E-state index in [1.165, 1.54) is 11.3 Å². The van der Waals surface area contributed by atoms with Gasteiger partial charge in [0.05, 0.1) is 18.3 Å². The van der Waals surface area contributed by atoms with Gasteiger partial charge in [-0.2, -0.15) is 0 Å². The topological polar surface area (TPSA) is 118 Å². The lowest BCUT2D eigenvalue weighted by molar-refractivity contribution is -0.116. The van der Waals surface area contributed by atoms with Crippen molar-refractivity contribution in [2.45, 2.75) is 40.2 Å². The molecule has 1 unspecified atom stereocenters. The molecule has 2 heterocycles. The van der Waals surface area contributed by atoms with E-state index < -0.39 is 0 Å². The fourth-order valence-electron chi connectivity index (χ4n) is 2.49. The molecule has 31 heavy (non-hydrogen) atoms. The van der Waals surface area contributed by atoms with Crippen LogP contribution in [0.25, 0.3) is 0 Å². The van der Waals surface area contributed by atoms with Gasteiger partial charge < -0.3 is 20.7 Å². The highest BCUT2D eigenvalue weighted by Gasteiger charge is 2.20. The molecular weight excluding hydrogens is 531 g/mol. The zero-order chi connectivity index (χ0) is 22.1. The van der Waals surface area contributed by atoms with Crippen molar-refractivity contribution in [3.8, 4) is 0 Å². The number of rotatable bonds is 8. The third-order valence-corrected chi connectivity index (χ3v) is 5.36. The number of thiazole rings is 1. The van der Waals surface area contributed by atoms with Crippen LogP contribution in [-0.4, -0.2) is 48.0 Å². The molecule has 0 fully saturated rings. The van der Waals surface area contributed by atoms with Crippen LogP contribution in [0.2, 0.25) is 0 Å². The van der Waals surface area contributed by atoms with Crippen molar-refractivity contribution in [3.63, 3.8) is 0 Å². The van der Waals surface area contributed by atoms with Crippen molar-refractivity contribution < 1.29 is 14.3 Å². The second kappa shape index (κ2) is 13.2. The number of aromatic nitrogens is 2. The van der Waals surface area contributed by atoms with Gasteiger partial charge in [0.2, 0.25) is 5.91 Å². The SMILES string of the molecule is CCOC(=O)c1sc(C(C)NC(=NC)NCCC(=O)Nc2ccc(C)cn2)nc1C.I. The van der Waals surface area contributed by atoms with E-state index in [4.69, 9.17) is 4.74 Å². The van der Waals surface area contributed by atoms with Crippen LogP contribution < -0.4 is 16.0 Å². The molecule has 0 saturated heterocycles. The molecule has 2 rings (SSSR count). The first-order valence-corrected chi connectivity index (χ1v) is 10.5. The second-order valence-corrected chi connectivity index (χ2v) is 7.60. The maximum absolute atomic E-state index is 12.1. The molecule has 0 aromatic carbocycles. The number of anilines is 1. The molecule has 0 bridgehead atoms. The monoisotopic (exact) mass is 560 g/mol. The first kappa shape index (κ1) is 26.8. The summed E-state index contributed by atoms with van der Waals surface area (Å²) in [5.41, 5.74) is 1.68. The van der Waals surface area contributed by atoms with Gasteiger partial charge in [-0.25, -0.2) is 14.8 Å². The minimum absolute atomic E-state index is 0. The molecule has 0 aliphatic rings. The van der Waals surface area contributed by atoms with Crippen molar-refractivity contribution in [1.29, 1.82) is 0 Å². The summed E-state index contributed by atoms with van der Waals surface area (Å²) >= 11 is 1.30. The molecule has 1 atom stereocenters. The Bertz CT molecular complexity index is 901. The van der Waals surface area contributed by atoms with Crippen molar-refractivity contribution in [2.24, 2.45) is 4.99 Å². The summed E-state index contributed by atoms with van der Waals surface area (Å²) in [6.45, 7) is 8.14. The van der Waals surface area contributed by atoms with Gasteiger partial charge in [-0.1, -0.05) is 6.07 Å². The Morgan fingerprint density at radius 3 is 2.65 bits per heavy atom. The maximum Gasteiger partial charge on any atom is 0.350 e. The molecule has 2 aromatic rings. The highest BCUT2D eigenvalue weighted by atomic mass is 127. The highest BCUT2D eigenvalue weighted by Crippen LogP contribution is 2.24. The molecule has 0 spiro atoms. The molecule has 11 heteroatoms. The van der Waals surface area contributed by atoms with Crippen molar-refractivity contribution >= 4 is 59.0 Å². The number of amides is 1. The summed E-state index contributed by atoms with van der Waals surface area (Å²) in [7, 11) is 1.65. The zero-order valence-electron chi connectivity index (χ0n) is 18.3. The largest absolute Gasteiger partial charge is 0.462 e. The third-order valence-electron chi connectivity index (χ3n) is 4.04. The van der Waals surface area contributed by atoms with Gasteiger partial charge in [0, 0.05) is 26.2 Å². The fourth-order valence-corrected chi connectivity index (χ4v) is 3.45. The number of nitrogens with zero attached hydrogens (tertiary/aromatic N) is 3. The number of halogens is 1. The van der Waals surface area contributed by atoms with E-state index in [1.54, 1.807) is 33.2 Å². The Hall–Kier alpha value is -2.28. The number of ether oxygens (including phenoxy) is 1. The Labute approximate surface area is 203 Å². The van der Waals surface area contributed by atoms with Crippen LogP contribution in [0.4, 0.5) is 5.82 Å². The number of esters is 1. The predicted molar refractivity (Wildman–Crippen MR) is 133 cm³/mol. The van der Waals surface area contributed by atoms with Gasteiger partial charge in [-0.05, 0) is 39.3 Å². The number of aryl methyl sites for hydroxylation is 2. The zero-order valence-corrected chi connectivity index (χ0v) is 21.5. The average Bonchev–Trinajstić information content (AvgIpc) is 3.11. The number of hydrogen-bond donors (Lipinski definition) is 3. The summed E-state index contributed by atoms with van der Waals surface area (Å²) in [5, 5.41) is 9.82. The Morgan fingerprint density at radius 2 is 2.03 bits per heavy atom. The number of nitrogens with one attached hydrogen (secondary N) is 3. The van der Waals surface area contributed by atoms with Crippen molar-refractivity contribution in [1.82, 2.24) is 20.6 Å². The lowest BCUT2D eigenvalue weighted by Crippen LogP contribution is -2.39. The van der Waals surface area contributed by atoms with Gasteiger partial charge in [0.1, 0.15) is 15.7 Å². The van der Waals surface area contributed by atoms with Crippen LogP contribution in [0.5, 0.6) is 0 Å². The van der Waals surface area contributed by atoms with Crippen molar-refractivity contribution in [2.75, 3.05) is 25.5 Å². The van der Waals surface area contributed by atoms with Gasteiger partial charge in [0.15, 0.2) is 5.96 Å². The number of hydrogen-bond acceptors (Lipinski definition) is 7. The van der Waals surface area contributed by atoms with Crippen LogP contribution in [0.15, 0.2) is 23.3 Å². The molecule has 9 nitrogen and oxygen atoms in total. The minimum Gasteiger partial charge on any atom is -0.462 e. The summed E-state index contributed by atoms with van der Waals surface area (Å²) in [5.74, 6) is 0.562. The molecule has 0 saturated carbocycles. The normalized spacial score (nSPS) is 11.8. The molecule has 1 amide bonds. The first-order chi connectivity index (χ1) is 14.3. The lowest BCUT2D eigenvalue weighted by Gasteiger charge is -2.16. The van der Waals surface area contributed by atoms with Crippen LogP contribution in [-0.2, 0) is 9.53 Å². The Morgan fingerprint density at radius 1 is 1.29 bits per heavy atom. The van der Waals surface area contributed by atoms with Gasteiger partial charge in [0.25, 0.3) is 0 Å². The van der Waals surface area contributed by atoms with E-state index in [1.807, 2.05) is 19.9 Å². The van der Waals surface area contributed by atoms with Gasteiger partial charge in [-0.15, -0.1) is 35.3 Å². The van der Waals surface area contributed by atoms with E-state index >= 15 is 0 Å². The quantitative estimate of drug-likeness (QED) is 0.197. The predicted octanol–water partition coefficient (Wildman–Crippen LogP) is 3.20. The number of carbonyl (C=O) groups excluding carboxylic acids is 2. The molecule has 0 aliphatic carbocycles. The minimum atomic E-state index is -0.359. The fraction of sp³-hybridized carbons (Fsp3) is 0.450. The van der Waals surface area contributed by atoms with E-state index in [0.717, 1.165) is 10.6 Å². The van der Waals surface area contributed by atoms with Crippen LogP contribution in [0, 0.1) is 13.8 Å². The van der Waals surface area contributed by atoms with Gasteiger partial charge >= 0.3 is 5.97 Å². The molecule has 170 valence electrons. The number of pyridine rings is 1. The number of carbonyl (C=O) groups is 2. The summed E-state index contributed by atoms with van der Waals surface area (Å²) < 4.78 is 5.06. The number of aliphatic imine (C=N–C) groups is 1. The maximum atomic E-state index is 12.1. The third kappa shape index (κ3) is 8.40. The summed E-state index contributed by atoms with van der Waals surface area (Å²) in [4.78, 5) is 37.3. The van der Waals surface area contributed by atoms with Crippen molar-refractivity contribution in [3.05, 3.63) is 39.5 Å². The molecule has 0 radical (unpaired) electrons. The Balaban J connectivity index is 0.00000480. The van der Waals surface area contributed by atoms with Crippen LogP contribution >= 0.6 is 35.3 Å². The average molecular weight is 560 g/mol. The molecule has 2 aromatic heterocycles. The first-order valence-electron chi connectivity index (χ1n) is 9.68. The number of guanidine groups is 1. The second-order valence-electron chi connectivity index (χ2n) is 6.57. The molecular formula is C20H29IN6O3S. The van der Waals surface area contributed by atoms with Crippen LogP contribution in [0.3, 0.4) is 0 Å². The van der Waals surface area contributed by atoms with E-state index in [0.29, 0.717) is 35.5 Å². The summed E-state index contributed by atoms with van der Waals surface area (Å²) in [6, 6.07) is 3.49. The molecule has 3 N–H and O–H groups in total. The van der Waals surface area contributed by atoms with Crippen LogP contribution in [0.1, 0.15) is 52.2 Å². The smallest absolute Gasteiger partial charge is 0.350 e. The lowest BCUT2D eigenvalue weighted by atomic mass is 10.3. The Kier molecular flexibility index (Phi) is 11.4.